The van der Waals surface area contributed by atoms with Crippen molar-refractivity contribution in [2.75, 3.05) is 6.54 Å². The number of nitrogens with one attached hydrogen (secondary N) is 1. The maximum atomic E-state index is 3.69. The van der Waals surface area contributed by atoms with Gasteiger partial charge in [0.2, 0.25) is 0 Å². The van der Waals surface area contributed by atoms with E-state index in [0.29, 0.717) is 5.41 Å². The largest absolute Gasteiger partial charge is 0.312 e. The molecule has 0 saturated carbocycles. The third-order valence-corrected chi connectivity index (χ3v) is 4.80. The van der Waals surface area contributed by atoms with E-state index in [1.165, 1.54) is 24.1 Å². The lowest BCUT2D eigenvalue weighted by atomic mass is 9.81. The summed E-state index contributed by atoms with van der Waals surface area (Å²) in [4.78, 5) is 3.06. The standard InChI is InChI=1S/C17H31NS/c1-7-11-17(6,13-18-16(3,4)5)12-15-10-9-14(8-2)19-15/h9-10,18H,7-8,11-13H2,1-6H3. The molecule has 0 aromatic carbocycles. The zero-order valence-electron chi connectivity index (χ0n) is 13.6. The van der Waals surface area contributed by atoms with Crippen LogP contribution in [0.5, 0.6) is 0 Å². The first-order valence-corrected chi connectivity index (χ1v) is 8.42. The molecule has 19 heavy (non-hydrogen) atoms. The van der Waals surface area contributed by atoms with E-state index in [2.05, 4.69) is 59.0 Å². The van der Waals surface area contributed by atoms with Crippen molar-refractivity contribution in [1.29, 1.82) is 0 Å². The van der Waals surface area contributed by atoms with Crippen molar-refractivity contribution in [3.63, 3.8) is 0 Å². The highest BCUT2D eigenvalue weighted by Gasteiger charge is 2.26. The Morgan fingerprint density at radius 3 is 2.16 bits per heavy atom. The molecule has 2 heteroatoms. The molecule has 1 nitrogen and oxygen atoms in total. The molecule has 0 fully saturated rings. The monoisotopic (exact) mass is 281 g/mol. The molecule has 1 N–H and O–H groups in total. The first kappa shape index (κ1) is 16.7. The SMILES string of the molecule is CCCC(C)(CNC(C)(C)C)Cc1ccc(CC)s1. The van der Waals surface area contributed by atoms with Gasteiger partial charge >= 0.3 is 0 Å². The Bertz CT molecular complexity index is 375. The van der Waals surface area contributed by atoms with Crippen LogP contribution in [0.15, 0.2) is 12.1 Å². The van der Waals surface area contributed by atoms with Gasteiger partial charge in [0.05, 0.1) is 0 Å². The summed E-state index contributed by atoms with van der Waals surface area (Å²) in [6.07, 6.45) is 4.91. The topological polar surface area (TPSA) is 12.0 Å². The van der Waals surface area contributed by atoms with Gasteiger partial charge in [-0.3, -0.25) is 0 Å². The molecule has 0 radical (unpaired) electrons. The molecule has 1 aromatic heterocycles. The maximum absolute atomic E-state index is 3.69. The van der Waals surface area contributed by atoms with Crippen LogP contribution in [0.2, 0.25) is 0 Å². The highest BCUT2D eigenvalue weighted by Crippen LogP contribution is 2.31. The Morgan fingerprint density at radius 2 is 1.68 bits per heavy atom. The van der Waals surface area contributed by atoms with E-state index in [4.69, 9.17) is 0 Å². The van der Waals surface area contributed by atoms with Gasteiger partial charge in [0.1, 0.15) is 0 Å². The van der Waals surface area contributed by atoms with Crippen LogP contribution >= 0.6 is 11.3 Å². The smallest absolute Gasteiger partial charge is 0.00967 e. The third-order valence-electron chi connectivity index (χ3n) is 3.57. The molecule has 1 atom stereocenters. The minimum absolute atomic E-state index is 0.207. The lowest BCUT2D eigenvalue weighted by molar-refractivity contribution is 0.245. The first-order valence-electron chi connectivity index (χ1n) is 7.60. The van der Waals surface area contributed by atoms with Crippen LogP contribution in [-0.2, 0) is 12.8 Å². The molecule has 0 aliphatic carbocycles. The Labute approximate surface area is 123 Å². The van der Waals surface area contributed by atoms with Gasteiger partial charge in [-0.05, 0) is 57.6 Å². The molecule has 1 unspecified atom stereocenters. The molecule has 1 heterocycles. The van der Waals surface area contributed by atoms with Crippen LogP contribution < -0.4 is 5.32 Å². The van der Waals surface area contributed by atoms with Gasteiger partial charge in [-0.25, -0.2) is 0 Å². The van der Waals surface area contributed by atoms with E-state index < -0.39 is 0 Å². The van der Waals surface area contributed by atoms with E-state index in [1.54, 1.807) is 4.88 Å². The van der Waals surface area contributed by atoms with E-state index in [1.807, 2.05) is 11.3 Å². The summed E-state index contributed by atoms with van der Waals surface area (Å²) < 4.78 is 0. The summed E-state index contributed by atoms with van der Waals surface area (Å²) in [5, 5.41) is 3.69. The number of rotatable bonds is 7. The van der Waals surface area contributed by atoms with Crippen molar-refractivity contribution in [3.8, 4) is 0 Å². The highest BCUT2D eigenvalue weighted by atomic mass is 32.1. The number of aryl methyl sites for hydroxylation is 1. The van der Waals surface area contributed by atoms with E-state index in [9.17, 15) is 0 Å². The van der Waals surface area contributed by atoms with Crippen LogP contribution in [-0.4, -0.2) is 12.1 Å². The van der Waals surface area contributed by atoms with Gasteiger partial charge in [-0.2, -0.15) is 0 Å². The third kappa shape index (κ3) is 6.09. The van der Waals surface area contributed by atoms with Crippen LogP contribution in [0.1, 0.15) is 64.1 Å². The second kappa shape index (κ2) is 6.90. The minimum Gasteiger partial charge on any atom is -0.312 e. The van der Waals surface area contributed by atoms with Crippen molar-refractivity contribution < 1.29 is 0 Å². The van der Waals surface area contributed by atoms with Gasteiger partial charge in [0.15, 0.2) is 0 Å². The minimum atomic E-state index is 0.207. The fourth-order valence-corrected chi connectivity index (χ4v) is 3.62. The Kier molecular flexibility index (Phi) is 6.07. The fourth-order valence-electron chi connectivity index (χ4n) is 2.45. The molecular weight excluding hydrogens is 250 g/mol. The average molecular weight is 282 g/mol. The van der Waals surface area contributed by atoms with Gasteiger partial charge in [0, 0.05) is 21.8 Å². The molecule has 0 saturated heterocycles. The summed E-state index contributed by atoms with van der Waals surface area (Å²) >= 11 is 1.99. The predicted octanol–water partition coefficient (Wildman–Crippen LogP) is 5.05. The zero-order chi connectivity index (χ0) is 14.5. The van der Waals surface area contributed by atoms with Crippen molar-refractivity contribution >= 4 is 11.3 Å². The normalized spacial score (nSPS) is 15.5. The molecular formula is C17H31NS. The Hall–Kier alpha value is -0.340. The zero-order valence-corrected chi connectivity index (χ0v) is 14.4. The molecule has 0 amide bonds. The molecule has 1 aromatic rings. The fraction of sp³-hybridized carbons (Fsp3) is 0.765. The number of thiophene rings is 1. The quantitative estimate of drug-likeness (QED) is 0.737. The Balaban J connectivity index is 2.69. The van der Waals surface area contributed by atoms with Crippen molar-refractivity contribution in [1.82, 2.24) is 5.32 Å². The van der Waals surface area contributed by atoms with Crippen LogP contribution in [0.25, 0.3) is 0 Å². The lowest BCUT2D eigenvalue weighted by Crippen LogP contribution is -2.43. The van der Waals surface area contributed by atoms with Crippen LogP contribution in [0.3, 0.4) is 0 Å². The summed E-state index contributed by atoms with van der Waals surface area (Å²) in [5.74, 6) is 0. The maximum Gasteiger partial charge on any atom is 0.00967 e. The second-order valence-corrected chi connectivity index (χ2v) is 8.32. The van der Waals surface area contributed by atoms with Gasteiger partial charge in [-0.15, -0.1) is 11.3 Å². The van der Waals surface area contributed by atoms with Crippen molar-refractivity contribution in [2.24, 2.45) is 5.41 Å². The highest BCUT2D eigenvalue weighted by molar-refractivity contribution is 7.11. The molecule has 1 rings (SSSR count). The van der Waals surface area contributed by atoms with Crippen molar-refractivity contribution in [3.05, 3.63) is 21.9 Å². The molecule has 0 bridgehead atoms. The van der Waals surface area contributed by atoms with E-state index >= 15 is 0 Å². The number of hydrogen-bond acceptors (Lipinski definition) is 2. The second-order valence-electron chi connectivity index (χ2n) is 7.06. The van der Waals surface area contributed by atoms with Crippen LogP contribution in [0, 0.1) is 5.41 Å². The van der Waals surface area contributed by atoms with Crippen molar-refractivity contribution in [2.45, 2.75) is 72.8 Å². The summed E-state index contributed by atoms with van der Waals surface area (Å²) in [6, 6.07) is 4.62. The molecule has 0 aliphatic heterocycles. The summed E-state index contributed by atoms with van der Waals surface area (Å²) in [6.45, 7) is 14.8. The van der Waals surface area contributed by atoms with Gasteiger partial charge in [0.25, 0.3) is 0 Å². The molecule has 0 aliphatic rings. The first-order chi connectivity index (χ1) is 8.78. The van der Waals surface area contributed by atoms with Crippen LogP contribution in [0.4, 0.5) is 0 Å². The lowest BCUT2D eigenvalue weighted by Gasteiger charge is -2.33. The summed E-state index contributed by atoms with van der Waals surface area (Å²) in [7, 11) is 0. The summed E-state index contributed by atoms with van der Waals surface area (Å²) in [5.41, 5.74) is 0.580. The molecule has 110 valence electrons. The Morgan fingerprint density at radius 1 is 1.05 bits per heavy atom. The van der Waals surface area contributed by atoms with Gasteiger partial charge in [-0.1, -0.05) is 27.2 Å². The number of hydrogen-bond donors (Lipinski definition) is 1. The predicted molar refractivity (Wildman–Crippen MR) is 88.2 cm³/mol. The van der Waals surface area contributed by atoms with E-state index in [-0.39, 0.29) is 5.54 Å². The molecule has 0 spiro atoms. The average Bonchev–Trinajstić information content (AvgIpc) is 2.73. The van der Waals surface area contributed by atoms with E-state index in [0.717, 1.165) is 13.0 Å². The van der Waals surface area contributed by atoms with Gasteiger partial charge < -0.3 is 5.32 Å².